The van der Waals surface area contributed by atoms with E-state index in [4.69, 9.17) is 4.74 Å². The maximum Gasteiger partial charge on any atom is 0.433 e. The van der Waals surface area contributed by atoms with Crippen molar-refractivity contribution in [3.63, 3.8) is 0 Å². The van der Waals surface area contributed by atoms with Crippen molar-refractivity contribution in [1.82, 2.24) is 4.98 Å². The van der Waals surface area contributed by atoms with E-state index in [9.17, 15) is 26.7 Å². The predicted octanol–water partition coefficient (Wildman–Crippen LogP) is 4.61. The highest BCUT2D eigenvalue weighted by molar-refractivity contribution is 6.06. The number of rotatable bonds is 6. The number of allylic oxidation sites excluding steroid dienone is 1. The second-order valence-corrected chi connectivity index (χ2v) is 4.92. The Morgan fingerprint density at radius 3 is 2.42 bits per heavy atom. The third-order valence-corrected chi connectivity index (χ3v) is 3.17. The quantitative estimate of drug-likeness (QED) is 0.422. The average molecular weight is 373 g/mol. The molecule has 1 aromatic carbocycles. The molecule has 0 bridgehead atoms. The Hall–Kier alpha value is -2.97. The molecule has 0 N–H and O–H groups in total. The highest BCUT2D eigenvalue weighted by atomic mass is 19.4. The molecule has 0 radical (unpaired) electrons. The zero-order valence-electron chi connectivity index (χ0n) is 13.3. The normalized spacial score (nSPS) is 11.8. The van der Waals surface area contributed by atoms with Gasteiger partial charge in [0.25, 0.3) is 0 Å². The van der Waals surface area contributed by atoms with E-state index in [1.165, 1.54) is 31.4 Å². The van der Waals surface area contributed by atoms with Gasteiger partial charge in [0.1, 0.15) is 5.69 Å². The van der Waals surface area contributed by atoms with Crippen molar-refractivity contribution in [3.8, 4) is 11.5 Å². The van der Waals surface area contributed by atoms with Crippen LogP contribution in [0, 0.1) is 0 Å². The molecule has 26 heavy (non-hydrogen) atoms. The Morgan fingerprint density at radius 2 is 1.88 bits per heavy atom. The van der Waals surface area contributed by atoms with Gasteiger partial charge < -0.3 is 9.47 Å². The zero-order valence-corrected chi connectivity index (χ0v) is 13.3. The van der Waals surface area contributed by atoms with Crippen LogP contribution in [0.5, 0.6) is 11.5 Å². The van der Waals surface area contributed by atoms with Gasteiger partial charge in [-0.05, 0) is 35.9 Å². The van der Waals surface area contributed by atoms with Gasteiger partial charge in [-0.25, -0.2) is 0 Å². The van der Waals surface area contributed by atoms with Gasteiger partial charge in [-0.15, -0.1) is 0 Å². The van der Waals surface area contributed by atoms with Crippen molar-refractivity contribution in [1.29, 1.82) is 0 Å². The monoisotopic (exact) mass is 373 g/mol. The molecule has 138 valence electrons. The third kappa shape index (κ3) is 5.01. The Balaban J connectivity index is 2.14. The molecule has 9 heteroatoms. The Kier molecular flexibility index (Phi) is 5.91. The number of nitrogens with zero attached hydrogens (tertiary/aromatic N) is 1. The van der Waals surface area contributed by atoms with E-state index in [-0.39, 0.29) is 17.1 Å². The second-order valence-electron chi connectivity index (χ2n) is 4.92. The molecule has 1 heterocycles. The topological polar surface area (TPSA) is 48.4 Å². The van der Waals surface area contributed by atoms with E-state index in [1.807, 2.05) is 0 Å². The lowest BCUT2D eigenvalue weighted by atomic mass is 10.1. The molecule has 0 spiro atoms. The van der Waals surface area contributed by atoms with Gasteiger partial charge in [-0.2, -0.15) is 22.0 Å². The largest absolute Gasteiger partial charge is 0.493 e. The van der Waals surface area contributed by atoms with Crippen LogP contribution >= 0.6 is 0 Å². The number of ether oxygens (including phenoxy) is 2. The number of aromatic nitrogens is 1. The summed E-state index contributed by atoms with van der Waals surface area (Å²) in [4.78, 5) is 15.2. The van der Waals surface area contributed by atoms with Crippen LogP contribution in [0.4, 0.5) is 22.0 Å². The Bertz CT molecular complexity index is 801. The molecular formula is C17H12F5NO3. The lowest BCUT2D eigenvalue weighted by Gasteiger charge is -2.10. The van der Waals surface area contributed by atoms with Gasteiger partial charge in [0.05, 0.1) is 7.11 Å². The average Bonchev–Trinajstić information content (AvgIpc) is 2.59. The number of hydrogen-bond acceptors (Lipinski definition) is 4. The van der Waals surface area contributed by atoms with Crippen LogP contribution in [0.2, 0.25) is 0 Å². The molecule has 0 atom stereocenters. The number of benzene rings is 1. The predicted molar refractivity (Wildman–Crippen MR) is 82.2 cm³/mol. The van der Waals surface area contributed by atoms with E-state index in [0.29, 0.717) is 11.6 Å². The summed E-state index contributed by atoms with van der Waals surface area (Å²) in [6.07, 6.45) is -1.28. The molecule has 1 aromatic heterocycles. The summed E-state index contributed by atoms with van der Waals surface area (Å²) in [6, 6.07) is 5.75. The number of methoxy groups -OCH3 is 1. The van der Waals surface area contributed by atoms with Gasteiger partial charge in [-0.1, -0.05) is 12.1 Å². The number of halogens is 5. The summed E-state index contributed by atoms with van der Waals surface area (Å²) < 4.78 is 71.1. The molecule has 0 aliphatic carbocycles. The highest BCUT2D eigenvalue weighted by Crippen LogP contribution is 2.30. The van der Waals surface area contributed by atoms with Crippen molar-refractivity contribution in [2.45, 2.75) is 12.8 Å². The molecule has 0 fully saturated rings. The lowest BCUT2D eigenvalue weighted by Crippen LogP contribution is -2.08. The lowest BCUT2D eigenvalue weighted by molar-refractivity contribution is -0.141. The van der Waals surface area contributed by atoms with Crippen LogP contribution in [0.3, 0.4) is 0 Å². The van der Waals surface area contributed by atoms with E-state index in [0.717, 1.165) is 18.3 Å². The molecule has 0 saturated heterocycles. The molecule has 4 nitrogen and oxygen atoms in total. The molecular weight excluding hydrogens is 361 g/mol. The molecule has 0 aliphatic rings. The molecule has 0 saturated carbocycles. The summed E-state index contributed by atoms with van der Waals surface area (Å²) in [5.41, 5.74) is -0.687. The van der Waals surface area contributed by atoms with Gasteiger partial charge in [0.2, 0.25) is 0 Å². The minimum atomic E-state index is -4.59. The van der Waals surface area contributed by atoms with Gasteiger partial charge in [0.15, 0.2) is 17.3 Å². The maximum absolute atomic E-state index is 12.4. The summed E-state index contributed by atoms with van der Waals surface area (Å²) >= 11 is 0. The van der Waals surface area contributed by atoms with E-state index in [1.54, 1.807) is 0 Å². The molecule has 2 rings (SSSR count). The number of ketones is 1. The fourth-order valence-corrected chi connectivity index (χ4v) is 1.96. The standard InChI is InChI=1S/C17H12F5NO3/c1-25-14-8-10(3-6-13(14)26-16(18)19)2-5-12(24)11-4-7-15(23-9-11)17(20,21)22/h2-9,16H,1H3. The van der Waals surface area contributed by atoms with Crippen LogP contribution in [-0.2, 0) is 6.18 Å². The van der Waals surface area contributed by atoms with Crippen molar-refractivity contribution in [2.75, 3.05) is 7.11 Å². The van der Waals surface area contributed by atoms with Crippen LogP contribution in [-0.4, -0.2) is 24.5 Å². The molecule has 0 aliphatic heterocycles. The van der Waals surface area contributed by atoms with Gasteiger partial charge in [-0.3, -0.25) is 9.78 Å². The summed E-state index contributed by atoms with van der Waals surface area (Å²) in [7, 11) is 1.26. The highest BCUT2D eigenvalue weighted by Gasteiger charge is 2.32. The first kappa shape index (κ1) is 19.4. The number of carbonyl (C=O) groups excluding carboxylic acids is 1. The van der Waals surface area contributed by atoms with Crippen molar-refractivity contribution >= 4 is 11.9 Å². The molecule has 2 aromatic rings. The first-order chi connectivity index (χ1) is 12.2. The van der Waals surface area contributed by atoms with Crippen molar-refractivity contribution in [3.05, 3.63) is 59.4 Å². The number of alkyl halides is 5. The van der Waals surface area contributed by atoms with Gasteiger partial charge >= 0.3 is 12.8 Å². The van der Waals surface area contributed by atoms with Gasteiger partial charge in [0, 0.05) is 11.8 Å². The molecule has 0 unspecified atom stereocenters. The van der Waals surface area contributed by atoms with Crippen LogP contribution < -0.4 is 9.47 Å². The minimum absolute atomic E-state index is 0.0288. The summed E-state index contributed by atoms with van der Waals surface area (Å²) in [5, 5.41) is 0. The number of carbonyl (C=O) groups is 1. The Morgan fingerprint density at radius 1 is 1.15 bits per heavy atom. The Labute approximate surface area is 144 Å². The van der Waals surface area contributed by atoms with Crippen LogP contribution in [0.1, 0.15) is 21.6 Å². The van der Waals surface area contributed by atoms with E-state index < -0.39 is 24.3 Å². The second kappa shape index (κ2) is 7.94. The fraction of sp³-hybridized carbons (Fsp3) is 0.176. The van der Waals surface area contributed by atoms with Crippen LogP contribution in [0.15, 0.2) is 42.6 Å². The summed E-state index contributed by atoms with van der Waals surface area (Å²) in [6.45, 7) is -3.01. The smallest absolute Gasteiger partial charge is 0.433 e. The number of hydrogen-bond donors (Lipinski definition) is 0. The fourth-order valence-electron chi connectivity index (χ4n) is 1.96. The molecule has 0 amide bonds. The number of pyridine rings is 1. The van der Waals surface area contributed by atoms with E-state index >= 15 is 0 Å². The zero-order chi connectivity index (χ0) is 19.3. The third-order valence-electron chi connectivity index (χ3n) is 3.17. The van der Waals surface area contributed by atoms with E-state index in [2.05, 4.69) is 9.72 Å². The first-order valence-corrected chi connectivity index (χ1v) is 7.09. The SMILES string of the molecule is COc1cc(C=CC(=O)c2ccc(C(F)(F)F)nc2)ccc1OC(F)F. The van der Waals surface area contributed by atoms with Crippen LogP contribution in [0.25, 0.3) is 6.08 Å². The maximum atomic E-state index is 12.4. The van der Waals surface area contributed by atoms with Crippen molar-refractivity contribution in [2.24, 2.45) is 0 Å². The first-order valence-electron chi connectivity index (χ1n) is 7.09. The minimum Gasteiger partial charge on any atom is -0.493 e. The summed E-state index contributed by atoms with van der Waals surface area (Å²) in [5.74, 6) is -0.702. The van der Waals surface area contributed by atoms with Crippen molar-refractivity contribution < 1.29 is 36.2 Å².